The van der Waals surface area contributed by atoms with E-state index in [-0.39, 0.29) is 16.1 Å². The molecule has 0 atom stereocenters. The Morgan fingerprint density at radius 2 is 1.61 bits per heavy atom. The van der Waals surface area contributed by atoms with Crippen LogP contribution < -0.4 is 10.9 Å². The summed E-state index contributed by atoms with van der Waals surface area (Å²) in [5.74, 6) is -2.89. The van der Waals surface area contributed by atoms with Crippen LogP contribution in [0, 0.1) is 32.4 Å². The van der Waals surface area contributed by atoms with Crippen LogP contribution in [-0.2, 0) is 21.2 Å². The Bertz CT molecular complexity index is 1330. The molecule has 0 aliphatic heterocycles. The van der Waals surface area contributed by atoms with Gasteiger partial charge in [-0.05, 0) is 56.7 Å². The lowest BCUT2D eigenvalue weighted by Crippen LogP contribution is -2.33. The molecule has 0 aliphatic carbocycles. The van der Waals surface area contributed by atoms with Crippen molar-refractivity contribution in [3.8, 4) is 0 Å². The number of nitrogens with one attached hydrogen (secondary N) is 1. The first-order chi connectivity index (χ1) is 14.5. The van der Waals surface area contributed by atoms with E-state index in [0.717, 1.165) is 22.3 Å². The maximum absolute atomic E-state index is 13.4. The van der Waals surface area contributed by atoms with Crippen molar-refractivity contribution in [2.24, 2.45) is 0 Å². The summed E-state index contributed by atoms with van der Waals surface area (Å²) in [6.07, 6.45) is 0. The molecule has 1 aromatic heterocycles. The van der Waals surface area contributed by atoms with Gasteiger partial charge in [-0.25, -0.2) is 17.2 Å². The molecule has 0 aliphatic rings. The molecule has 1 heterocycles. The standard InChI is InChI=1S/C22H20F2N2O4S/c1-13-4-7-17(8-5-13)31(29,30)21-14(2)10-15(3)26(22(21)28)12-20(27)25-16-6-9-18(23)19(24)11-16/h4-11H,12H2,1-3H3,(H,25,27). The molecule has 0 bridgehead atoms. The van der Waals surface area contributed by atoms with Gasteiger partial charge in [0.1, 0.15) is 11.4 Å². The SMILES string of the molecule is Cc1ccc(S(=O)(=O)c2c(C)cc(C)n(CC(=O)Nc3ccc(F)c(F)c3)c2=O)cc1. The lowest BCUT2D eigenvalue weighted by atomic mass is 10.2. The summed E-state index contributed by atoms with van der Waals surface area (Å²) < 4.78 is 53.6. The molecule has 2 aromatic carbocycles. The Labute approximate surface area is 178 Å². The van der Waals surface area contributed by atoms with E-state index in [4.69, 9.17) is 0 Å². The van der Waals surface area contributed by atoms with Gasteiger partial charge in [0, 0.05) is 17.4 Å². The van der Waals surface area contributed by atoms with Crippen LogP contribution in [0.15, 0.2) is 63.1 Å². The van der Waals surface area contributed by atoms with Crippen LogP contribution in [0.3, 0.4) is 0 Å². The average Bonchev–Trinajstić information content (AvgIpc) is 2.68. The van der Waals surface area contributed by atoms with Gasteiger partial charge in [0.05, 0.1) is 4.90 Å². The molecule has 0 spiro atoms. The predicted molar refractivity (Wildman–Crippen MR) is 112 cm³/mol. The van der Waals surface area contributed by atoms with Crippen LogP contribution in [-0.4, -0.2) is 18.9 Å². The van der Waals surface area contributed by atoms with Crippen LogP contribution in [0.25, 0.3) is 0 Å². The largest absolute Gasteiger partial charge is 0.324 e. The highest BCUT2D eigenvalue weighted by atomic mass is 32.2. The van der Waals surface area contributed by atoms with Gasteiger partial charge in [0.15, 0.2) is 11.6 Å². The number of hydrogen-bond donors (Lipinski definition) is 1. The first-order valence-corrected chi connectivity index (χ1v) is 10.8. The molecule has 3 aromatic rings. The molecule has 0 fully saturated rings. The van der Waals surface area contributed by atoms with Crippen molar-refractivity contribution < 1.29 is 22.0 Å². The van der Waals surface area contributed by atoms with Crippen molar-refractivity contribution in [1.82, 2.24) is 4.57 Å². The molecule has 1 amide bonds. The van der Waals surface area contributed by atoms with Crippen molar-refractivity contribution in [3.05, 3.63) is 87.3 Å². The maximum atomic E-state index is 13.4. The van der Waals surface area contributed by atoms with Gasteiger partial charge >= 0.3 is 0 Å². The number of carbonyl (C=O) groups is 1. The Kier molecular flexibility index (Phi) is 6.08. The third kappa shape index (κ3) is 4.56. The second-order valence-corrected chi connectivity index (χ2v) is 9.07. The smallest absolute Gasteiger partial charge is 0.270 e. The zero-order valence-electron chi connectivity index (χ0n) is 17.1. The van der Waals surface area contributed by atoms with Crippen LogP contribution in [0.2, 0.25) is 0 Å². The van der Waals surface area contributed by atoms with Crippen molar-refractivity contribution in [2.45, 2.75) is 37.1 Å². The number of aryl methyl sites for hydroxylation is 3. The zero-order chi connectivity index (χ0) is 22.9. The van der Waals surface area contributed by atoms with Crippen molar-refractivity contribution in [2.75, 3.05) is 5.32 Å². The number of halogens is 2. The normalized spacial score (nSPS) is 11.4. The van der Waals surface area contributed by atoms with Crippen molar-refractivity contribution in [3.63, 3.8) is 0 Å². The quantitative estimate of drug-likeness (QED) is 0.650. The molecule has 0 saturated heterocycles. The Morgan fingerprint density at radius 3 is 2.23 bits per heavy atom. The van der Waals surface area contributed by atoms with Gasteiger partial charge < -0.3 is 9.88 Å². The first-order valence-electron chi connectivity index (χ1n) is 9.28. The van der Waals surface area contributed by atoms with E-state index in [1.54, 1.807) is 19.1 Å². The summed E-state index contributed by atoms with van der Waals surface area (Å²) in [6, 6.07) is 10.5. The average molecular weight is 446 g/mol. The van der Waals surface area contributed by atoms with E-state index in [1.165, 1.54) is 31.2 Å². The number of benzene rings is 2. The maximum Gasteiger partial charge on any atom is 0.270 e. The minimum atomic E-state index is -4.12. The summed E-state index contributed by atoms with van der Waals surface area (Å²) >= 11 is 0. The second-order valence-electron chi connectivity index (χ2n) is 7.18. The van der Waals surface area contributed by atoms with E-state index in [0.29, 0.717) is 5.69 Å². The number of sulfone groups is 1. The molecular formula is C22H20F2N2O4S. The highest BCUT2D eigenvalue weighted by Crippen LogP contribution is 2.22. The molecule has 6 nitrogen and oxygen atoms in total. The van der Waals surface area contributed by atoms with Crippen molar-refractivity contribution >= 4 is 21.4 Å². The molecule has 162 valence electrons. The van der Waals surface area contributed by atoms with Crippen LogP contribution >= 0.6 is 0 Å². The van der Waals surface area contributed by atoms with Crippen LogP contribution in [0.1, 0.15) is 16.8 Å². The Morgan fingerprint density at radius 1 is 0.968 bits per heavy atom. The van der Waals surface area contributed by atoms with Gasteiger partial charge in [0.2, 0.25) is 15.7 Å². The fourth-order valence-electron chi connectivity index (χ4n) is 3.18. The minimum absolute atomic E-state index is 0.00853. The van der Waals surface area contributed by atoms with E-state index in [2.05, 4.69) is 5.32 Å². The molecule has 0 unspecified atom stereocenters. The van der Waals surface area contributed by atoms with Gasteiger partial charge in [-0.15, -0.1) is 0 Å². The fraction of sp³-hybridized carbons (Fsp3) is 0.182. The van der Waals surface area contributed by atoms with Gasteiger partial charge in [-0.2, -0.15) is 0 Å². The molecule has 0 saturated carbocycles. The van der Waals surface area contributed by atoms with E-state index in [1.807, 2.05) is 6.92 Å². The summed E-state index contributed by atoms with van der Waals surface area (Å²) in [7, 11) is -4.12. The number of aromatic nitrogens is 1. The first kappa shape index (κ1) is 22.4. The number of carbonyl (C=O) groups excluding carboxylic acids is 1. The highest BCUT2D eigenvalue weighted by Gasteiger charge is 2.26. The number of nitrogens with zero attached hydrogens (tertiary/aromatic N) is 1. The van der Waals surface area contributed by atoms with Crippen molar-refractivity contribution in [1.29, 1.82) is 0 Å². The molecule has 3 rings (SSSR count). The molecular weight excluding hydrogens is 426 g/mol. The monoisotopic (exact) mass is 446 g/mol. The van der Waals surface area contributed by atoms with E-state index < -0.39 is 44.4 Å². The number of anilines is 1. The van der Waals surface area contributed by atoms with Crippen LogP contribution in [0.5, 0.6) is 0 Å². The lowest BCUT2D eigenvalue weighted by molar-refractivity contribution is -0.116. The topological polar surface area (TPSA) is 85.2 Å². The highest BCUT2D eigenvalue weighted by molar-refractivity contribution is 7.91. The molecule has 31 heavy (non-hydrogen) atoms. The minimum Gasteiger partial charge on any atom is -0.324 e. The number of amides is 1. The number of pyridine rings is 1. The van der Waals surface area contributed by atoms with Crippen LogP contribution in [0.4, 0.5) is 14.5 Å². The fourth-order valence-corrected chi connectivity index (χ4v) is 4.74. The van der Waals surface area contributed by atoms with Gasteiger partial charge in [-0.3, -0.25) is 9.59 Å². The summed E-state index contributed by atoms with van der Waals surface area (Å²) in [5.41, 5.74) is 0.685. The molecule has 9 heteroatoms. The van der Waals surface area contributed by atoms with Gasteiger partial charge in [0.25, 0.3) is 5.56 Å². The predicted octanol–water partition coefficient (Wildman–Crippen LogP) is 3.52. The molecule has 0 radical (unpaired) electrons. The molecule has 1 N–H and O–H groups in total. The third-order valence-electron chi connectivity index (χ3n) is 4.75. The zero-order valence-corrected chi connectivity index (χ0v) is 17.9. The number of rotatable bonds is 5. The lowest BCUT2D eigenvalue weighted by Gasteiger charge is -2.15. The Balaban J connectivity index is 1.98. The van der Waals surface area contributed by atoms with Gasteiger partial charge in [-0.1, -0.05) is 17.7 Å². The van der Waals surface area contributed by atoms with E-state index >= 15 is 0 Å². The summed E-state index contributed by atoms with van der Waals surface area (Å²) in [5, 5.41) is 2.37. The number of hydrogen-bond acceptors (Lipinski definition) is 4. The second kappa shape index (κ2) is 8.43. The summed E-state index contributed by atoms with van der Waals surface area (Å²) in [4.78, 5) is 25.0. The summed E-state index contributed by atoms with van der Waals surface area (Å²) in [6.45, 7) is 4.40. The third-order valence-corrected chi connectivity index (χ3v) is 6.68. The van der Waals surface area contributed by atoms with E-state index in [9.17, 15) is 26.8 Å². The Hall–Kier alpha value is -3.33.